The Morgan fingerprint density at radius 3 is 2.54 bits per heavy atom. The lowest BCUT2D eigenvalue weighted by molar-refractivity contribution is 0.495. The molecule has 5 aromatic rings. The highest BCUT2D eigenvalue weighted by molar-refractivity contribution is 6.01. The minimum absolute atomic E-state index is 0.537. The van der Waals surface area contributed by atoms with Gasteiger partial charge in [-0.25, -0.2) is 4.98 Å². The normalized spacial score (nSPS) is 11.5. The molecule has 116 valence electrons. The molecule has 0 aliphatic heterocycles. The molecule has 0 saturated carbocycles. The minimum Gasteiger partial charge on any atom is -0.467 e. The molecule has 0 radical (unpaired) electrons. The van der Waals surface area contributed by atoms with E-state index in [2.05, 4.69) is 14.5 Å². The Hall–Kier alpha value is -3.41. The van der Waals surface area contributed by atoms with Crippen molar-refractivity contribution in [1.29, 1.82) is 0 Å². The molecular weight excluding hydrogens is 304 g/mol. The highest BCUT2D eigenvalue weighted by Gasteiger charge is 2.18. The first-order chi connectivity index (χ1) is 11.9. The lowest BCUT2D eigenvalue weighted by atomic mass is 10.2. The van der Waals surface area contributed by atoms with E-state index in [9.17, 15) is 0 Å². The SMILES string of the molecule is c1coc(Cn2c(-c3ccco3)nc3ccc4nccnc4c32)c1. The number of fused-ring (bicyclic) bond motifs is 3. The van der Waals surface area contributed by atoms with Gasteiger partial charge in [-0.05, 0) is 36.4 Å². The van der Waals surface area contributed by atoms with Crippen molar-refractivity contribution < 1.29 is 8.83 Å². The van der Waals surface area contributed by atoms with Crippen molar-refractivity contribution in [2.24, 2.45) is 0 Å². The molecule has 0 aliphatic carbocycles. The Morgan fingerprint density at radius 2 is 1.71 bits per heavy atom. The molecule has 0 N–H and O–H groups in total. The average Bonchev–Trinajstić information content (AvgIpc) is 3.36. The first-order valence-corrected chi connectivity index (χ1v) is 7.56. The van der Waals surface area contributed by atoms with Gasteiger partial charge >= 0.3 is 0 Å². The number of nitrogens with zero attached hydrogens (tertiary/aromatic N) is 4. The zero-order valence-electron chi connectivity index (χ0n) is 12.6. The molecule has 0 unspecified atom stereocenters. The van der Waals surface area contributed by atoms with Gasteiger partial charge < -0.3 is 13.4 Å². The highest BCUT2D eigenvalue weighted by Crippen LogP contribution is 2.30. The fourth-order valence-corrected chi connectivity index (χ4v) is 2.95. The summed E-state index contributed by atoms with van der Waals surface area (Å²) in [6, 6.07) is 11.4. The number of aromatic nitrogens is 4. The standard InChI is InChI=1S/C18H12N4O2/c1-3-12(23-9-1)11-22-17-14(21-18(22)15-4-2-10-24-15)6-5-13-16(17)20-8-7-19-13/h1-10H,11H2. The van der Waals surface area contributed by atoms with Crippen LogP contribution in [-0.4, -0.2) is 19.5 Å². The van der Waals surface area contributed by atoms with Crippen LogP contribution in [0.3, 0.4) is 0 Å². The van der Waals surface area contributed by atoms with E-state index in [1.807, 2.05) is 36.4 Å². The molecular formula is C18H12N4O2. The van der Waals surface area contributed by atoms with Crippen molar-refractivity contribution in [3.63, 3.8) is 0 Å². The summed E-state index contributed by atoms with van der Waals surface area (Å²) in [6.07, 6.45) is 6.69. The van der Waals surface area contributed by atoms with Crippen LogP contribution in [0.5, 0.6) is 0 Å². The summed E-state index contributed by atoms with van der Waals surface area (Å²) in [7, 11) is 0. The van der Waals surface area contributed by atoms with Crippen molar-refractivity contribution in [2.45, 2.75) is 6.54 Å². The third kappa shape index (κ3) is 1.93. The number of hydrogen-bond acceptors (Lipinski definition) is 5. The third-order valence-corrected chi connectivity index (χ3v) is 3.98. The van der Waals surface area contributed by atoms with Crippen LogP contribution in [0.15, 0.2) is 70.2 Å². The van der Waals surface area contributed by atoms with Gasteiger partial charge in [-0.1, -0.05) is 0 Å². The summed E-state index contributed by atoms with van der Waals surface area (Å²) >= 11 is 0. The molecule has 1 aromatic carbocycles. The molecule has 4 aromatic heterocycles. The van der Waals surface area contributed by atoms with Crippen LogP contribution in [-0.2, 0) is 6.54 Å². The third-order valence-electron chi connectivity index (χ3n) is 3.98. The second kappa shape index (κ2) is 5.06. The van der Waals surface area contributed by atoms with Crippen LogP contribution in [0, 0.1) is 0 Å². The lowest BCUT2D eigenvalue weighted by Gasteiger charge is -2.07. The Labute approximate surface area is 136 Å². The van der Waals surface area contributed by atoms with Gasteiger partial charge in [-0.3, -0.25) is 9.97 Å². The summed E-state index contributed by atoms with van der Waals surface area (Å²) in [5, 5.41) is 0. The van der Waals surface area contributed by atoms with Gasteiger partial charge in [0, 0.05) is 12.4 Å². The molecule has 24 heavy (non-hydrogen) atoms. The highest BCUT2D eigenvalue weighted by atomic mass is 16.3. The summed E-state index contributed by atoms with van der Waals surface area (Å²) in [5.74, 6) is 2.28. The first kappa shape index (κ1) is 13.1. The van der Waals surface area contributed by atoms with Gasteiger partial charge in [0.2, 0.25) is 0 Å². The van der Waals surface area contributed by atoms with Gasteiger partial charge in [0.05, 0.1) is 35.6 Å². The Bertz CT molecular complexity index is 1120. The summed E-state index contributed by atoms with van der Waals surface area (Å²) in [6.45, 7) is 0.537. The molecule has 0 fully saturated rings. The number of imidazole rings is 1. The number of furan rings is 2. The van der Waals surface area contributed by atoms with Crippen molar-refractivity contribution in [3.8, 4) is 11.6 Å². The van der Waals surface area contributed by atoms with E-state index >= 15 is 0 Å². The molecule has 6 heteroatoms. The Balaban J connectivity index is 1.86. The van der Waals surface area contributed by atoms with Gasteiger partial charge in [-0.15, -0.1) is 0 Å². The molecule has 0 spiro atoms. The van der Waals surface area contributed by atoms with E-state index in [0.29, 0.717) is 12.3 Å². The van der Waals surface area contributed by atoms with E-state index < -0.39 is 0 Å². The van der Waals surface area contributed by atoms with Crippen LogP contribution < -0.4 is 0 Å². The second-order valence-corrected chi connectivity index (χ2v) is 5.44. The van der Waals surface area contributed by atoms with Crippen molar-refractivity contribution in [3.05, 3.63) is 67.1 Å². The van der Waals surface area contributed by atoms with E-state index in [-0.39, 0.29) is 0 Å². The molecule has 0 bridgehead atoms. The van der Waals surface area contributed by atoms with Crippen LogP contribution in [0.2, 0.25) is 0 Å². The summed E-state index contributed by atoms with van der Waals surface area (Å²) in [5.41, 5.74) is 3.41. The maximum Gasteiger partial charge on any atom is 0.177 e. The van der Waals surface area contributed by atoms with Crippen molar-refractivity contribution >= 4 is 22.1 Å². The lowest BCUT2D eigenvalue weighted by Crippen LogP contribution is -2.02. The van der Waals surface area contributed by atoms with E-state index in [0.717, 1.165) is 33.7 Å². The maximum absolute atomic E-state index is 5.57. The minimum atomic E-state index is 0.537. The number of hydrogen-bond donors (Lipinski definition) is 0. The average molecular weight is 316 g/mol. The van der Waals surface area contributed by atoms with Gasteiger partial charge in [0.15, 0.2) is 11.6 Å². The van der Waals surface area contributed by atoms with Gasteiger partial charge in [-0.2, -0.15) is 0 Å². The molecule has 6 nitrogen and oxygen atoms in total. The zero-order chi connectivity index (χ0) is 15.9. The van der Waals surface area contributed by atoms with Gasteiger partial charge in [0.25, 0.3) is 0 Å². The fourth-order valence-electron chi connectivity index (χ4n) is 2.95. The number of benzene rings is 1. The Kier molecular flexibility index (Phi) is 2.75. The molecule has 0 aliphatic rings. The van der Waals surface area contributed by atoms with E-state index in [1.165, 1.54) is 0 Å². The van der Waals surface area contributed by atoms with E-state index in [1.54, 1.807) is 24.9 Å². The van der Waals surface area contributed by atoms with Crippen LogP contribution in [0.4, 0.5) is 0 Å². The second-order valence-electron chi connectivity index (χ2n) is 5.44. The van der Waals surface area contributed by atoms with Crippen LogP contribution in [0.25, 0.3) is 33.7 Å². The zero-order valence-corrected chi connectivity index (χ0v) is 12.6. The van der Waals surface area contributed by atoms with E-state index in [4.69, 9.17) is 13.8 Å². The molecule has 0 saturated heterocycles. The Morgan fingerprint density at radius 1 is 0.875 bits per heavy atom. The summed E-state index contributed by atoms with van der Waals surface area (Å²) < 4.78 is 13.2. The predicted octanol–water partition coefficient (Wildman–Crippen LogP) is 3.88. The maximum atomic E-state index is 5.57. The topological polar surface area (TPSA) is 69.9 Å². The quantitative estimate of drug-likeness (QED) is 0.505. The monoisotopic (exact) mass is 316 g/mol. The largest absolute Gasteiger partial charge is 0.467 e. The first-order valence-electron chi connectivity index (χ1n) is 7.56. The molecule has 5 rings (SSSR count). The van der Waals surface area contributed by atoms with Crippen LogP contribution in [0.1, 0.15) is 5.76 Å². The van der Waals surface area contributed by atoms with Crippen LogP contribution >= 0.6 is 0 Å². The molecule has 4 heterocycles. The number of rotatable bonds is 3. The predicted molar refractivity (Wildman–Crippen MR) is 88.3 cm³/mol. The van der Waals surface area contributed by atoms with Crippen molar-refractivity contribution in [2.75, 3.05) is 0 Å². The molecule has 0 amide bonds. The smallest absolute Gasteiger partial charge is 0.177 e. The summed E-state index contributed by atoms with van der Waals surface area (Å²) in [4.78, 5) is 13.6. The fraction of sp³-hybridized carbons (Fsp3) is 0.0556. The molecule has 0 atom stereocenters. The van der Waals surface area contributed by atoms with Gasteiger partial charge in [0.1, 0.15) is 11.3 Å². The van der Waals surface area contributed by atoms with Crippen molar-refractivity contribution in [1.82, 2.24) is 19.5 Å².